The first-order valence-electron chi connectivity index (χ1n) is 1.09. The van der Waals surface area contributed by atoms with Gasteiger partial charge in [-0.15, -0.1) is 0 Å². The Morgan fingerprint density at radius 1 is 1.83 bits per heavy atom. The van der Waals surface area contributed by atoms with Crippen LogP contribution < -0.4 is 0 Å². The summed E-state index contributed by atoms with van der Waals surface area (Å²) >= 11 is 0. The number of hydrogen-bond acceptors (Lipinski definition) is 2. The zero-order valence-corrected chi connectivity index (χ0v) is 3.14. The molecule has 0 rings (SSSR count). The minimum absolute atomic E-state index is 0. The van der Waals surface area contributed by atoms with E-state index in [0.29, 0.717) is 0 Å². The first-order chi connectivity index (χ1) is 2.41. The molecule has 3 heteroatoms. The molecule has 34 valence electrons. The molecular formula is C3H5NO2. The molecule has 6 heavy (non-hydrogen) atoms. The van der Waals surface area contributed by atoms with E-state index in [-0.39, 0.29) is 5.48 Å². The molecule has 0 radical (unpaired) electrons. The molecule has 0 aromatic carbocycles. The fraction of sp³-hybridized carbons (Fsp3) is 0. The normalized spacial score (nSPS) is 4.00. The van der Waals surface area contributed by atoms with E-state index in [0.717, 1.165) is 6.20 Å². The molecule has 0 aromatic rings. The maximum absolute atomic E-state index is 9.04. The molecule has 0 spiro atoms. The Labute approximate surface area is 35.3 Å². The van der Waals surface area contributed by atoms with Crippen molar-refractivity contribution in [3.05, 3.63) is 12.8 Å². The lowest BCUT2D eigenvalue weighted by atomic mass is 11.1. The fourth-order valence-corrected chi connectivity index (χ4v) is 0.0373. The van der Waals surface area contributed by atoms with Crippen LogP contribution in [0.5, 0.6) is 0 Å². The Bertz CT molecular complexity index is 72.9. The second-order valence-corrected chi connectivity index (χ2v) is 0.403. The van der Waals surface area contributed by atoms with Gasteiger partial charge in [0.25, 0.3) is 0 Å². The standard InChI is InChI=1S/C3H3NO.H2O/c1-2-4-3-5;/h2H,1H2;1H2. The molecule has 0 fully saturated rings. The Morgan fingerprint density at radius 3 is 2.33 bits per heavy atom. The Kier molecular flexibility index (Phi) is 13.3. The molecule has 2 N–H and O–H groups in total. The highest BCUT2D eigenvalue weighted by Gasteiger charge is 1.40. The van der Waals surface area contributed by atoms with Crippen LogP contribution in [0.3, 0.4) is 0 Å². The third kappa shape index (κ3) is 11.4. The smallest absolute Gasteiger partial charge is 0.239 e. The van der Waals surface area contributed by atoms with Crippen molar-refractivity contribution >= 4 is 6.08 Å². The van der Waals surface area contributed by atoms with Crippen LogP contribution in [0.2, 0.25) is 0 Å². The van der Waals surface area contributed by atoms with Gasteiger partial charge in [-0.1, -0.05) is 6.58 Å². The zero-order chi connectivity index (χ0) is 4.12. The topological polar surface area (TPSA) is 60.9 Å². The van der Waals surface area contributed by atoms with E-state index < -0.39 is 0 Å². The molecule has 0 unspecified atom stereocenters. The van der Waals surface area contributed by atoms with Gasteiger partial charge in [0.2, 0.25) is 6.08 Å². The number of nitrogens with zero attached hydrogens (tertiary/aromatic N) is 1. The van der Waals surface area contributed by atoms with Gasteiger partial charge >= 0.3 is 0 Å². The quantitative estimate of drug-likeness (QED) is 0.318. The van der Waals surface area contributed by atoms with Crippen LogP contribution in [0.25, 0.3) is 0 Å². The molecule has 0 amide bonds. The van der Waals surface area contributed by atoms with Crippen molar-refractivity contribution in [3.63, 3.8) is 0 Å². The molecule has 3 nitrogen and oxygen atoms in total. The van der Waals surface area contributed by atoms with Gasteiger partial charge in [0.1, 0.15) is 0 Å². The molecule has 0 aliphatic rings. The van der Waals surface area contributed by atoms with Gasteiger partial charge in [0, 0.05) is 6.20 Å². The van der Waals surface area contributed by atoms with Crippen LogP contribution in [-0.2, 0) is 4.79 Å². The van der Waals surface area contributed by atoms with Crippen molar-refractivity contribution in [1.82, 2.24) is 0 Å². The van der Waals surface area contributed by atoms with Crippen LogP contribution in [-0.4, -0.2) is 11.6 Å². The number of carbonyl (C=O) groups excluding carboxylic acids is 1. The second kappa shape index (κ2) is 8.95. The minimum atomic E-state index is 0. The predicted octanol–water partition coefficient (Wildman–Crippen LogP) is -0.359. The highest BCUT2D eigenvalue weighted by atomic mass is 16.1. The van der Waals surface area contributed by atoms with Crippen molar-refractivity contribution in [1.29, 1.82) is 0 Å². The lowest BCUT2D eigenvalue weighted by molar-refractivity contribution is 0.565. The highest BCUT2D eigenvalue weighted by molar-refractivity contribution is 5.34. The van der Waals surface area contributed by atoms with Crippen molar-refractivity contribution in [2.24, 2.45) is 4.99 Å². The van der Waals surface area contributed by atoms with Crippen LogP contribution in [0.4, 0.5) is 0 Å². The monoisotopic (exact) mass is 87.0 g/mol. The molecule has 0 saturated carbocycles. The summed E-state index contributed by atoms with van der Waals surface area (Å²) in [7, 11) is 0. The van der Waals surface area contributed by atoms with E-state index in [1.807, 2.05) is 0 Å². The summed E-state index contributed by atoms with van der Waals surface area (Å²) in [5.41, 5.74) is 0. The van der Waals surface area contributed by atoms with Gasteiger partial charge < -0.3 is 5.48 Å². The SMILES string of the molecule is C=CN=C=O.O. The Hall–Kier alpha value is -0.920. The minimum Gasteiger partial charge on any atom is -0.412 e. The maximum Gasteiger partial charge on any atom is 0.239 e. The fourth-order valence-electron chi connectivity index (χ4n) is 0.0373. The first-order valence-corrected chi connectivity index (χ1v) is 1.09. The van der Waals surface area contributed by atoms with E-state index in [9.17, 15) is 0 Å². The van der Waals surface area contributed by atoms with Gasteiger partial charge in [0.15, 0.2) is 0 Å². The summed E-state index contributed by atoms with van der Waals surface area (Å²) in [4.78, 5) is 12.0. The number of isocyanates is 1. The third-order valence-corrected chi connectivity index (χ3v) is 0.144. The average molecular weight is 87.1 g/mol. The number of rotatable bonds is 1. The molecule has 0 aromatic heterocycles. The second-order valence-electron chi connectivity index (χ2n) is 0.403. The summed E-state index contributed by atoms with van der Waals surface area (Å²) in [6.45, 7) is 3.12. The maximum atomic E-state index is 9.04. The van der Waals surface area contributed by atoms with Crippen LogP contribution >= 0.6 is 0 Å². The van der Waals surface area contributed by atoms with Crippen molar-refractivity contribution in [2.75, 3.05) is 0 Å². The Morgan fingerprint density at radius 2 is 2.33 bits per heavy atom. The molecule has 0 heterocycles. The molecule has 0 aliphatic heterocycles. The summed E-state index contributed by atoms with van der Waals surface area (Å²) in [5.74, 6) is 0. The third-order valence-electron chi connectivity index (χ3n) is 0.144. The molecule has 0 aliphatic carbocycles. The van der Waals surface area contributed by atoms with Crippen molar-refractivity contribution in [2.45, 2.75) is 0 Å². The lowest BCUT2D eigenvalue weighted by Gasteiger charge is -1.45. The summed E-state index contributed by atoms with van der Waals surface area (Å²) in [6, 6.07) is 0. The van der Waals surface area contributed by atoms with Gasteiger partial charge in [-0.05, 0) is 0 Å². The van der Waals surface area contributed by atoms with Crippen molar-refractivity contribution in [3.8, 4) is 0 Å². The van der Waals surface area contributed by atoms with E-state index in [1.54, 1.807) is 0 Å². The number of aliphatic imine (C=N–C) groups is 1. The van der Waals surface area contributed by atoms with Gasteiger partial charge in [0.05, 0.1) is 0 Å². The van der Waals surface area contributed by atoms with Crippen molar-refractivity contribution < 1.29 is 10.3 Å². The summed E-state index contributed by atoms with van der Waals surface area (Å²) < 4.78 is 0. The lowest BCUT2D eigenvalue weighted by Crippen LogP contribution is -1.37. The average Bonchev–Trinajstić information content (AvgIpc) is 1.41. The zero-order valence-electron chi connectivity index (χ0n) is 3.14. The van der Waals surface area contributed by atoms with Crippen LogP contribution in [0.15, 0.2) is 17.8 Å². The van der Waals surface area contributed by atoms with E-state index in [2.05, 4.69) is 11.6 Å². The van der Waals surface area contributed by atoms with Crippen LogP contribution in [0.1, 0.15) is 0 Å². The van der Waals surface area contributed by atoms with Gasteiger partial charge in [-0.25, -0.2) is 4.79 Å². The van der Waals surface area contributed by atoms with E-state index in [1.165, 1.54) is 6.08 Å². The Balaban J connectivity index is 0. The molecular weight excluding hydrogens is 82.0 g/mol. The van der Waals surface area contributed by atoms with Crippen LogP contribution in [0, 0.1) is 0 Å². The molecule has 0 saturated heterocycles. The summed E-state index contributed by atoms with van der Waals surface area (Å²) in [6.07, 6.45) is 2.41. The first kappa shape index (κ1) is 8.91. The van der Waals surface area contributed by atoms with E-state index >= 15 is 0 Å². The predicted molar refractivity (Wildman–Crippen MR) is 21.9 cm³/mol. The molecule has 0 atom stereocenters. The summed E-state index contributed by atoms with van der Waals surface area (Å²) in [5, 5.41) is 0. The highest BCUT2D eigenvalue weighted by Crippen LogP contribution is 1.52. The van der Waals surface area contributed by atoms with Gasteiger partial charge in [-0.3, -0.25) is 0 Å². The number of hydrogen-bond donors (Lipinski definition) is 0. The largest absolute Gasteiger partial charge is 0.412 e. The van der Waals surface area contributed by atoms with Gasteiger partial charge in [-0.2, -0.15) is 4.99 Å². The van der Waals surface area contributed by atoms with E-state index in [4.69, 9.17) is 4.79 Å². The molecule has 0 bridgehead atoms.